The number of aryl methyl sites for hydroxylation is 1. The molecular formula is C20H22N2O3. The number of benzene rings is 2. The molecule has 0 radical (unpaired) electrons. The molecule has 5 heteroatoms. The Labute approximate surface area is 147 Å². The van der Waals surface area contributed by atoms with E-state index in [9.17, 15) is 9.59 Å². The van der Waals surface area contributed by atoms with Gasteiger partial charge >= 0.3 is 0 Å². The zero-order chi connectivity index (χ0) is 17.8. The second-order valence-electron chi connectivity index (χ2n) is 6.22. The van der Waals surface area contributed by atoms with Gasteiger partial charge in [0.25, 0.3) is 0 Å². The van der Waals surface area contributed by atoms with Crippen molar-refractivity contribution in [1.29, 1.82) is 0 Å². The topological polar surface area (TPSA) is 58.6 Å². The lowest BCUT2D eigenvalue weighted by atomic mass is 10.1. The van der Waals surface area contributed by atoms with Crippen LogP contribution in [0.5, 0.6) is 5.75 Å². The van der Waals surface area contributed by atoms with Gasteiger partial charge in [-0.05, 0) is 49.2 Å². The summed E-state index contributed by atoms with van der Waals surface area (Å²) in [5, 5.41) is 2.89. The van der Waals surface area contributed by atoms with Gasteiger partial charge in [-0.3, -0.25) is 9.59 Å². The summed E-state index contributed by atoms with van der Waals surface area (Å²) in [7, 11) is 0. The summed E-state index contributed by atoms with van der Waals surface area (Å²) in [6.45, 7) is 4.62. The fraction of sp³-hybridized carbons (Fsp3) is 0.300. The molecule has 0 unspecified atom stereocenters. The highest BCUT2D eigenvalue weighted by Crippen LogP contribution is 2.30. The lowest BCUT2D eigenvalue weighted by molar-refractivity contribution is -0.117. The number of rotatable bonds is 5. The second kappa shape index (κ2) is 7.38. The van der Waals surface area contributed by atoms with Crippen LogP contribution in [0.1, 0.15) is 24.5 Å². The van der Waals surface area contributed by atoms with Crippen molar-refractivity contribution >= 4 is 23.2 Å². The van der Waals surface area contributed by atoms with Crippen LogP contribution in [0.4, 0.5) is 11.4 Å². The van der Waals surface area contributed by atoms with E-state index >= 15 is 0 Å². The maximum absolute atomic E-state index is 12.1. The Morgan fingerprint density at radius 3 is 2.64 bits per heavy atom. The molecule has 2 aromatic rings. The average Bonchev–Trinajstić information content (AvgIpc) is 3.00. The number of hydrogen-bond donors (Lipinski definition) is 1. The maximum atomic E-state index is 12.1. The number of fused-ring (bicyclic) bond motifs is 1. The number of amides is 2. The summed E-state index contributed by atoms with van der Waals surface area (Å²) in [4.78, 5) is 25.4. The highest BCUT2D eigenvalue weighted by atomic mass is 16.5. The predicted molar refractivity (Wildman–Crippen MR) is 98.1 cm³/mol. The van der Waals surface area contributed by atoms with E-state index in [2.05, 4.69) is 5.32 Å². The van der Waals surface area contributed by atoms with E-state index in [1.807, 2.05) is 49.4 Å². The standard InChI is InChI=1S/C20H22N2O3/c1-14-3-6-18(7-4-14)25-12-10-20(24)21-17-5-8-19-16(13-17)9-11-22(19)15(2)23/h3-8,13H,9-12H2,1-2H3,(H,21,24). The Hall–Kier alpha value is -2.82. The first kappa shape index (κ1) is 17.0. The fourth-order valence-electron chi connectivity index (χ4n) is 2.93. The van der Waals surface area contributed by atoms with Gasteiger partial charge in [0.2, 0.25) is 11.8 Å². The number of carbonyl (C=O) groups is 2. The molecule has 0 aromatic heterocycles. The third-order valence-corrected chi connectivity index (χ3v) is 4.26. The molecule has 1 N–H and O–H groups in total. The number of anilines is 2. The molecule has 3 rings (SSSR count). The third-order valence-electron chi connectivity index (χ3n) is 4.26. The van der Waals surface area contributed by atoms with Gasteiger partial charge in [-0.15, -0.1) is 0 Å². The summed E-state index contributed by atoms with van der Waals surface area (Å²) in [5.74, 6) is 0.720. The van der Waals surface area contributed by atoms with Crippen LogP contribution in [-0.2, 0) is 16.0 Å². The molecule has 2 aromatic carbocycles. The van der Waals surface area contributed by atoms with Crippen LogP contribution in [0.25, 0.3) is 0 Å². The van der Waals surface area contributed by atoms with Crippen molar-refractivity contribution in [3.8, 4) is 5.75 Å². The van der Waals surface area contributed by atoms with Gasteiger partial charge < -0.3 is 15.0 Å². The van der Waals surface area contributed by atoms with Gasteiger partial charge in [0.15, 0.2) is 0 Å². The van der Waals surface area contributed by atoms with Crippen molar-refractivity contribution in [3.63, 3.8) is 0 Å². The molecule has 1 aliphatic rings. The number of nitrogens with zero attached hydrogens (tertiary/aromatic N) is 1. The van der Waals surface area contributed by atoms with E-state index in [0.717, 1.165) is 29.1 Å². The summed E-state index contributed by atoms with van der Waals surface area (Å²) < 4.78 is 5.58. The first-order valence-electron chi connectivity index (χ1n) is 8.43. The average molecular weight is 338 g/mol. The van der Waals surface area contributed by atoms with Crippen LogP contribution in [-0.4, -0.2) is 25.0 Å². The number of carbonyl (C=O) groups excluding carboxylic acids is 2. The molecule has 0 bridgehead atoms. The minimum Gasteiger partial charge on any atom is -0.493 e. The minimum absolute atomic E-state index is 0.0452. The highest BCUT2D eigenvalue weighted by molar-refractivity contribution is 5.95. The van der Waals surface area contributed by atoms with Crippen molar-refractivity contribution in [1.82, 2.24) is 0 Å². The number of hydrogen-bond acceptors (Lipinski definition) is 3. The first-order valence-corrected chi connectivity index (χ1v) is 8.43. The molecular weight excluding hydrogens is 316 g/mol. The predicted octanol–water partition coefficient (Wildman–Crippen LogP) is 3.31. The van der Waals surface area contributed by atoms with E-state index in [1.165, 1.54) is 5.56 Å². The normalized spacial score (nSPS) is 12.6. The molecule has 0 aliphatic carbocycles. The molecule has 1 aliphatic heterocycles. The third kappa shape index (κ3) is 4.18. The van der Waals surface area contributed by atoms with Crippen molar-refractivity contribution in [3.05, 3.63) is 53.6 Å². The highest BCUT2D eigenvalue weighted by Gasteiger charge is 2.22. The second-order valence-corrected chi connectivity index (χ2v) is 6.22. The molecule has 130 valence electrons. The quantitative estimate of drug-likeness (QED) is 0.910. The van der Waals surface area contributed by atoms with E-state index in [-0.39, 0.29) is 18.2 Å². The molecule has 1 heterocycles. The smallest absolute Gasteiger partial charge is 0.227 e. The van der Waals surface area contributed by atoms with E-state index in [1.54, 1.807) is 11.8 Å². The van der Waals surface area contributed by atoms with Gasteiger partial charge in [-0.1, -0.05) is 17.7 Å². The summed E-state index contributed by atoms with van der Waals surface area (Å²) >= 11 is 0. The van der Waals surface area contributed by atoms with Crippen molar-refractivity contribution in [2.24, 2.45) is 0 Å². The van der Waals surface area contributed by atoms with E-state index in [0.29, 0.717) is 13.2 Å². The molecule has 0 fully saturated rings. The molecule has 0 saturated heterocycles. The zero-order valence-electron chi connectivity index (χ0n) is 14.5. The molecule has 0 spiro atoms. The summed E-state index contributed by atoms with van der Waals surface area (Å²) in [6, 6.07) is 13.4. The van der Waals surface area contributed by atoms with Crippen LogP contribution in [0, 0.1) is 6.92 Å². The van der Waals surface area contributed by atoms with Crippen molar-refractivity contribution in [2.45, 2.75) is 26.7 Å². The van der Waals surface area contributed by atoms with E-state index < -0.39 is 0 Å². The van der Waals surface area contributed by atoms with Gasteiger partial charge in [0, 0.05) is 24.8 Å². The van der Waals surface area contributed by atoms with Gasteiger partial charge in [0.1, 0.15) is 5.75 Å². The van der Waals surface area contributed by atoms with Gasteiger partial charge in [-0.2, -0.15) is 0 Å². The Morgan fingerprint density at radius 1 is 1.16 bits per heavy atom. The Morgan fingerprint density at radius 2 is 1.92 bits per heavy atom. The molecule has 25 heavy (non-hydrogen) atoms. The summed E-state index contributed by atoms with van der Waals surface area (Å²) in [6.07, 6.45) is 1.10. The van der Waals surface area contributed by atoms with E-state index in [4.69, 9.17) is 4.74 Å². The molecule has 0 saturated carbocycles. The molecule has 5 nitrogen and oxygen atoms in total. The van der Waals surface area contributed by atoms with Crippen molar-refractivity contribution < 1.29 is 14.3 Å². The largest absolute Gasteiger partial charge is 0.493 e. The summed E-state index contributed by atoms with van der Waals surface area (Å²) in [5.41, 5.74) is 3.95. The monoisotopic (exact) mass is 338 g/mol. The van der Waals surface area contributed by atoms with Crippen LogP contribution in [0.2, 0.25) is 0 Å². The van der Waals surface area contributed by atoms with Crippen LogP contribution < -0.4 is 15.0 Å². The lowest BCUT2D eigenvalue weighted by Crippen LogP contribution is -2.25. The van der Waals surface area contributed by atoms with Crippen LogP contribution in [0.15, 0.2) is 42.5 Å². The maximum Gasteiger partial charge on any atom is 0.227 e. The van der Waals surface area contributed by atoms with Crippen LogP contribution >= 0.6 is 0 Å². The van der Waals surface area contributed by atoms with Gasteiger partial charge in [-0.25, -0.2) is 0 Å². The SMILES string of the molecule is CC(=O)N1CCc2cc(NC(=O)CCOc3ccc(C)cc3)ccc21. The first-order chi connectivity index (χ1) is 12.0. The molecule has 2 amide bonds. The zero-order valence-corrected chi connectivity index (χ0v) is 14.5. The minimum atomic E-state index is -0.0894. The Kier molecular flexibility index (Phi) is 5.03. The number of ether oxygens (including phenoxy) is 1. The fourth-order valence-corrected chi connectivity index (χ4v) is 2.93. The van der Waals surface area contributed by atoms with Crippen molar-refractivity contribution in [2.75, 3.05) is 23.4 Å². The van der Waals surface area contributed by atoms with Crippen LogP contribution in [0.3, 0.4) is 0 Å². The van der Waals surface area contributed by atoms with Gasteiger partial charge in [0.05, 0.1) is 13.0 Å². The Balaban J connectivity index is 1.51. The molecule has 0 atom stereocenters. The Bertz CT molecular complexity index is 784. The number of nitrogens with one attached hydrogen (secondary N) is 1. The lowest BCUT2D eigenvalue weighted by Gasteiger charge is -2.15.